The molecular weight excluding hydrogens is 239 g/mol. The van der Waals surface area contributed by atoms with Gasteiger partial charge in [-0.15, -0.1) is 0 Å². The molecule has 0 amide bonds. The summed E-state index contributed by atoms with van der Waals surface area (Å²) in [6.45, 7) is 9.24. The van der Waals surface area contributed by atoms with Gasteiger partial charge in [0.15, 0.2) is 0 Å². The summed E-state index contributed by atoms with van der Waals surface area (Å²) in [5, 5.41) is 0. The van der Waals surface area contributed by atoms with Gasteiger partial charge in [0.2, 0.25) is 0 Å². The molecule has 0 heterocycles. The molecule has 0 nitrogen and oxygen atoms in total. The van der Waals surface area contributed by atoms with Crippen molar-refractivity contribution in [2.45, 2.75) is 40.0 Å². The standard InChI is InChI=1S/C9H13.C5H5.CH3.Co/c1-6-5-7(2)9(4)8(6)3;1-2-4-5-3-1;;/h6H,1-4H3;1-3H,4H2;1H3;. The van der Waals surface area contributed by atoms with E-state index in [0.29, 0.717) is 5.92 Å². The Morgan fingerprint density at radius 3 is 2.31 bits per heavy atom. The van der Waals surface area contributed by atoms with Crippen LogP contribution in [0, 0.1) is 5.92 Å². The van der Waals surface area contributed by atoms with Gasteiger partial charge in [-0.1, -0.05) is 0 Å². The van der Waals surface area contributed by atoms with E-state index in [0.717, 1.165) is 0 Å². The molecule has 2 aliphatic rings. The monoisotopic (exact) mass is 260 g/mol. The van der Waals surface area contributed by atoms with Crippen molar-refractivity contribution in [1.29, 1.82) is 0 Å². The molecule has 0 saturated carbocycles. The fraction of sp³-hybridized carbons (Fsp3) is 0.467. The van der Waals surface area contributed by atoms with E-state index >= 15 is 0 Å². The first-order valence-corrected chi connectivity index (χ1v) is 7.87. The van der Waals surface area contributed by atoms with Crippen molar-refractivity contribution < 1.29 is 13.7 Å². The second-order valence-corrected chi connectivity index (χ2v) is 7.14. The molecule has 0 fully saturated rings. The van der Waals surface area contributed by atoms with E-state index in [1.165, 1.54) is 12.0 Å². The maximum atomic E-state index is 2.42. The molecule has 0 aromatic rings. The van der Waals surface area contributed by atoms with E-state index in [4.69, 9.17) is 0 Å². The van der Waals surface area contributed by atoms with Crippen LogP contribution in [0.25, 0.3) is 0 Å². The van der Waals surface area contributed by atoms with Crippen LogP contribution in [0.1, 0.15) is 34.1 Å². The SMILES string of the molecule is CC1=C(C)C(C)[C]([Co]([CH3])[C]2=CC=CC2)=C1C. The summed E-state index contributed by atoms with van der Waals surface area (Å²) in [5.74, 6) is 3.09. The molecule has 1 atom stereocenters. The second-order valence-electron chi connectivity index (χ2n) is 4.61. The second kappa shape index (κ2) is 4.38. The van der Waals surface area contributed by atoms with Crippen molar-refractivity contribution >= 4 is 0 Å². The van der Waals surface area contributed by atoms with Crippen molar-refractivity contribution in [3.63, 3.8) is 0 Å². The molecule has 0 aromatic heterocycles. The summed E-state index contributed by atoms with van der Waals surface area (Å²) in [6, 6.07) is 0. The Hall–Kier alpha value is -0.534. The number of allylic oxidation sites excluding steroid dienone is 8. The fourth-order valence-corrected chi connectivity index (χ4v) is 5.26. The minimum absolute atomic E-state index is 0.0537. The third-order valence-corrected chi connectivity index (χ3v) is 6.88. The average Bonchev–Trinajstić information content (AvgIpc) is 2.84. The fourth-order valence-electron chi connectivity index (χ4n) is 2.41. The van der Waals surface area contributed by atoms with Gasteiger partial charge < -0.3 is 0 Å². The molecule has 0 aliphatic heterocycles. The van der Waals surface area contributed by atoms with Crippen LogP contribution < -0.4 is 0 Å². The molecule has 0 aromatic carbocycles. The summed E-state index contributed by atoms with van der Waals surface area (Å²) >= 11 is -0.0537. The molecule has 1 heteroatoms. The molecule has 90 valence electrons. The Morgan fingerprint density at radius 1 is 1.19 bits per heavy atom. The third-order valence-electron chi connectivity index (χ3n) is 3.81. The predicted molar refractivity (Wildman–Crippen MR) is 67.9 cm³/mol. The first-order chi connectivity index (χ1) is 7.54. The summed E-state index contributed by atoms with van der Waals surface area (Å²) in [7, 11) is 0. The molecule has 2 rings (SSSR count). The Morgan fingerprint density at radius 2 is 1.88 bits per heavy atom. The number of rotatable bonds is 2. The van der Waals surface area contributed by atoms with Gasteiger partial charge in [0.25, 0.3) is 0 Å². The zero-order valence-corrected chi connectivity index (χ0v) is 11.9. The van der Waals surface area contributed by atoms with Crippen molar-refractivity contribution in [3.8, 4) is 0 Å². The maximum absolute atomic E-state index is 2.42. The molecule has 1 unspecified atom stereocenters. The van der Waals surface area contributed by atoms with Gasteiger partial charge in [-0.3, -0.25) is 0 Å². The zero-order valence-electron chi connectivity index (χ0n) is 10.8. The van der Waals surface area contributed by atoms with Crippen LogP contribution in [-0.4, -0.2) is 0 Å². The molecule has 0 N–H and O–H groups in total. The van der Waals surface area contributed by atoms with Crippen LogP contribution >= 0.6 is 0 Å². The van der Waals surface area contributed by atoms with Crippen molar-refractivity contribution in [3.05, 3.63) is 44.0 Å². The van der Waals surface area contributed by atoms with E-state index in [2.05, 4.69) is 51.8 Å². The number of hydrogen-bond donors (Lipinski definition) is 0. The van der Waals surface area contributed by atoms with Crippen molar-refractivity contribution in [2.75, 3.05) is 0 Å². The van der Waals surface area contributed by atoms with Crippen LogP contribution in [0.15, 0.2) is 44.0 Å². The molecular formula is C15H21Co. The van der Waals surface area contributed by atoms with E-state index in [1.807, 2.05) is 0 Å². The van der Waals surface area contributed by atoms with E-state index < -0.39 is 0 Å². The Labute approximate surface area is 104 Å². The Bertz CT molecular complexity index is 432. The number of hydrogen-bond acceptors (Lipinski definition) is 0. The molecule has 16 heavy (non-hydrogen) atoms. The van der Waals surface area contributed by atoms with Crippen LogP contribution in [0.4, 0.5) is 0 Å². The van der Waals surface area contributed by atoms with Gasteiger partial charge in [0.1, 0.15) is 0 Å². The topological polar surface area (TPSA) is 0 Å². The van der Waals surface area contributed by atoms with Crippen LogP contribution in [-0.2, 0) is 13.7 Å². The molecule has 0 saturated heterocycles. The quantitative estimate of drug-likeness (QED) is 0.671. The van der Waals surface area contributed by atoms with Crippen LogP contribution in [0.3, 0.4) is 0 Å². The van der Waals surface area contributed by atoms with Gasteiger partial charge in [0.05, 0.1) is 0 Å². The van der Waals surface area contributed by atoms with Crippen molar-refractivity contribution in [1.82, 2.24) is 0 Å². The van der Waals surface area contributed by atoms with Gasteiger partial charge in [-0.05, 0) is 0 Å². The van der Waals surface area contributed by atoms with Crippen molar-refractivity contribution in [2.24, 2.45) is 5.92 Å². The van der Waals surface area contributed by atoms with Crippen LogP contribution in [0.2, 0.25) is 5.86 Å². The molecule has 0 bridgehead atoms. The predicted octanol–water partition coefficient (Wildman–Crippen LogP) is 4.76. The van der Waals surface area contributed by atoms with E-state index in [9.17, 15) is 0 Å². The molecule has 2 aliphatic carbocycles. The Kier molecular flexibility index (Phi) is 3.27. The van der Waals surface area contributed by atoms with E-state index in [1.54, 1.807) is 20.2 Å². The zero-order chi connectivity index (χ0) is 11.9. The van der Waals surface area contributed by atoms with Gasteiger partial charge in [-0.25, -0.2) is 0 Å². The third kappa shape index (κ3) is 1.76. The van der Waals surface area contributed by atoms with Gasteiger partial charge >= 0.3 is 104 Å². The normalized spacial score (nSPS) is 25.7. The summed E-state index contributed by atoms with van der Waals surface area (Å²) in [4.78, 5) is 0. The summed E-state index contributed by atoms with van der Waals surface area (Å²) in [5.41, 5.74) is 4.67. The van der Waals surface area contributed by atoms with Gasteiger partial charge in [-0.2, -0.15) is 0 Å². The summed E-state index contributed by atoms with van der Waals surface area (Å²) in [6.07, 6.45) is 7.97. The first kappa shape index (κ1) is 11.9. The molecule has 0 spiro atoms. The van der Waals surface area contributed by atoms with Gasteiger partial charge in [0, 0.05) is 0 Å². The van der Waals surface area contributed by atoms with Crippen LogP contribution in [0.5, 0.6) is 0 Å². The molecule has 0 radical (unpaired) electrons. The van der Waals surface area contributed by atoms with E-state index in [-0.39, 0.29) is 13.7 Å². The Balaban J connectivity index is 2.30. The minimum atomic E-state index is -0.0537. The average molecular weight is 260 g/mol. The first-order valence-electron chi connectivity index (χ1n) is 5.79. The summed E-state index contributed by atoms with van der Waals surface area (Å²) < 4.78 is 3.34.